The second-order valence-corrected chi connectivity index (χ2v) is 10.2. The Hall–Kier alpha value is -2.87. The molecule has 0 saturated heterocycles. The van der Waals surface area contributed by atoms with Crippen LogP contribution >= 0.6 is 0 Å². The molecule has 4 aromatic rings. The predicted octanol–water partition coefficient (Wildman–Crippen LogP) is 7.10. The summed E-state index contributed by atoms with van der Waals surface area (Å²) >= 11 is 0. The van der Waals surface area contributed by atoms with E-state index in [9.17, 15) is 0 Å². The number of aryl methyl sites for hydroxylation is 4. The minimum absolute atomic E-state index is 0.232. The van der Waals surface area contributed by atoms with E-state index in [1.165, 1.54) is 55.1 Å². The average molecular weight is 397 g/mol. The van der Waals surface area contributed by atoms with E-state index in [-0.39, 0.29) is 5.41 Å². The fourth-order valence-corrected chi connectivity index (χ4v) is 5.05. The van der Waals surface area contributed by atoms with Gasteiger partial charge in [0.25, 0.3) is 0 Å². The Kier molecular flexibility index (Phi) is 4.02. The summed E-state index contributed by atoms with van der Waals surface area (Å²) in [6.07, 6.45) is 3.21. The molecule has 0 fully saturated rings. The quantitative estimate of drug-likeness (QED) is 0.275. The molecule has 1 aromatic heterocycles. The van der Waals surface area contributed by atoms with Crippen LogP contribution in [0.4, 0.5) is 0 Å². The van der Waals surface area contributed by atoms with E-state index in [1.807, 2.05) is 0 Å². The third-order valence-corrected chi connectivity index (χ3v) is 6.37. The molecule has 3 aromatic carbocycles. The standard InChI is InChI=1S/C28H30NO/c1-16-8-9-21-17(2)24-26-25-20(10-11-29(26)7)13-19(15-28(4,5)6)14-23(25)30-27(24)18(3)22(21)12-16/h8-14H,15H2,1-7H3/q+1. The van der Waals surface area contributed by atoms with Crippen molar-refractivity contribution in [3.8, 4) is 22.8 Å². The molecule has 1 aliphatic rings. The van der Waals surface area contributed by atoms with Gasteiger partial charge in [0.1, 0.15) is 18.5 Å². The molecule has 0 atom stereocenters. The number of nitrogens with zero attached hydrogens (tertiary/aromatic N) is 1. The zero-order chi connectivity index (χ0) is 21.4. The molecule has 2 heteroatoms. The summed E-state index contributed by atoms with van der Waals surface area (Å²) in [5.74, 6) is 1.99. The summed E-state index contributed by atoms with van der Waals surface area (Å²) in [6, 6.07) is 13.6. The summed E-state index contributed by atoms with van der Waals surface area (Å²) in [5.41, 5.74) is 7.84. The van der Waals surface area contributed by atoms with Crippen molar-refractivity contribution in [2.24, 2.45) is 12.5 Å². The SMILES string of the molecule is Cc1ccc2c(C)c3c(c(C)c2c1)Oc1cc(CC(C)(C)C)cc2cc[n+](C)c-3c12. The summed E-state index contributed by atoms with van der Waals surface area (Å²) < 4.78 is 8.96. The van der Waals surface area contributed by atoms with Gasteiger partial charge >= 0.3 is 0 Å². The number of hydrogen-bond acceptors (Lipinski definition) is 1. The lowest BCUT2D eigenvalue weighted by Gasteiger charge is -2.25. The first kappa shape index (κ1) is 19.1. The Balaban J connectivity index is 1.88. The van der Waals surface area contributed by atoms with Gasteiger partial charge in [-0.05, 0) is 66.0 Å². The van der Waals surface area contributed by atoms with E-state index in [4.69, 9.17) is 4.74 Å². The van der Waals surface area contributed by atoms with Gasteiger partial charge in [0.05, 0.1) is 10.9 Å². The van der Waals surface area contributed by atoms with E-state index < -0.39 is 0 Å². The van der Waals surface area contributed by atoms with E-state index >= 15 is 0 Å². The molecule has 0 saturated carbocycles. The van der Waals surface area contributed by atoms with E-state index in [1.54, 1.807) is 0 Å². The van der Waals surface area contributed by atoms with Gasteiger partial charge in [-0.1, -0.05) is 50.6 Å². The van der Waals surface area contributed by atoms with Crippen molar-refractivity contribution >= 4 is 21.5 Å². The van der Waals surface area contributed by atoms with Gasteiger partial charge in [-0.25, -0.2) is 4.57 Å². The molecule has 1 aliphatic heterocycles. The Bertz CT molecular complexity index is 1360. The molecule has 152 valence electrons. The third kappa shape index (κ3) is 2.81. The number of ether oxygens (including phenoxy) is 1. The van der Waals surface area contributed by atoms with Crippen LogP contribution < -0.4 is 9.30 Å². The number of rotatable bonds is 1. The van der Waals surface area contributed by atoms with Crippen molar-refractivity contribution < 1.29 is 9.30 Å². The number of fused-ring (bicyclic) bond motifs is 3. The molecule has 2 heterocycles. The van der Waals surface area contributed by atoms with Crippen LogP contribution in [0, 0.1) is 26.2 Å². The van der Waals surface area contributed by atoms with Gasteiger partial charge in [-0.3, -0.25) is 0 Å². The topological polar surface area (TPSA) is 13.1 Å². The monoisotopic (exact) mass is 396 g/mol. The first-order chi connectivity index (χ1) is 14.1. The number of pyridine rings is 1. The molecule has 30 heavy (non-hydrogen) atoms. The van der Waals surface area contributed by atoms with Crippen LogP contribution in [0.25, 0.3) is 32.8 Å². The molecule has 0 radical (unpaired) electrons. The van der Waals surface area contributed by atoms with Gasteiger partial charge < -0.3 is 4.74 Å². The van der Waals surface area contributed by atoms with Crippen molar-refractivity contribution in [2.75, 3.05) is 0 Å². The molecule has 0 spiro atoms. The molecule has 0 bridgehead atoms. The summed E-state index contributed by atoms with van der Waals surface area (Å²) in [5, 5.41) is 5.08. The fourth-order valence-electron chi connectivity index (χ4n) is 5.05. The first-order valence-electron chi connectivity index (χ1n) is 10.8. The maximum absolute atomic E-state index is 6.71. The minimum Gasteiger partial charge on any atom is -0.455 e. The number of aromatic nitrogens is 1. The van der Waals surface area contributed by atoms with E-state index in [2.05, 4.69) is 95.8 Å². The Morgan fingerprint density at radius 2 is 1.67 bits per heavy atom. The number of benzene rings is 3. The van der Waals surface area contributed by atoms with E-state index in [0.29, 0.717) is 0 Å². The number of hydrogen-bond donors (Lipinski definition) is 0. The zero-order valence-electron chi connectivity index (χ0n) is 19.1. The van der Waals surface area contributed by atoms with Crippen LogP contribution in [0.2, 0.25) is 0 Å². The van der Waals surface area contributed by atoms with Crippen LogP contribution in [-0.2, 0) is 13.5 Å². The molecule has 0 unspecified atom stereocenters. The fraction of sp³-hybridized carbons (Fsp3) is 0.321. The van der Waals surface area contributed by atoms with Crippen LogP contribution in [0.1, 0.15) is 43.0 Å². The van der Waals surface area contributed by atoms with E-state index in [0.717, 1.165) is 17.9 Å². The van der Waals surface area contributed by atoms with Crippen molar-refractivity contribution in [3.05, 3.63) is 64.8 Å². The van der Waals surface area contributed by atoms with Crippen LogP contribution in [0.15, 0.2) is 42.6 Å². The predicted molar refractivity (Wildman–Crippen MR) is 126 cm³/mol. The maximum atomic E-state index is 6.71. The smallest absolute Gasteiger partial charge is 0.228 e. The normalized spacial score (nSPS) is 12.9. The van der Waals surface area contributed by atoms with Crippen LogP contribution in [-0.4, -0.2) is 0 Å². The first-order valence-corrected chi connectivity index (χ1v) is 10.8. The summed E-state index contributed by atoms with van der Waals surface area (Å²) in [4.78, 5) is 0. The van der Waals surface area contributed by atoms with Gasteiger partial charge in [0.15, 0.2) is 6.20 Å². The Labute approximate surface area is 179 Å². The van der Waals surface area contributed by atoms with Gasteiger partial charge in [0.2, 0.25) is 5.69 Å². The molecular weight excluding hydrogens is 366 g/mol. The molecule has 0 N–H and O–H groups in total. The Morgan fingerprint density at radius 3 is 2.40 bits per heavy atom. The van der Waals surface area contributed by atoms with Gasteiger partial charge in [-0.15, -0.1) is 0 Å². The zero-order valence-corrected chi connectivity index (χ0v) is 19.1. The molecule has 2 nitrogen and oxygen atoms in total. The highest BCUT2D eigenvalue weighted by Gasteiger charge is 2.32. The lowest BCUT2D eigenvalue weighted by atomic mass is 9.85. The van der Waals surface area contributed by atoms with Crippen molar-refractivity contribution in [1.82, 2.24) is 0 Å². The highest BCUT2D eigenvalue weighted by Crippen LogP contribution is 2.50. The lowest BCUT2D eigenvalue weighted by Crippen LogP contribution is -2.32. The molecule has 5 rings (SSSR count). The highest BCUT2D eigenvalue weighted by atomic mass is 16.5. The highest BCUT2D eigenvalue weighted by molar-refractivity contribution is 6.06. The summed E-state index contributed by atoms with van der Waals surface area (Å²) in [6.45, 7) is 13.5. The van der Waals surface area contributed by atoms with Crippen molar-refractivity contribution in [1.29, 1.82) is 0 Å². The lowest BCUT2D eigenvalue weighted by molar-refractivity contribution is -0.659. The maximum Gasteiger partial charge on any atom is 0.228 e. The van der Waals surface area contributed by atoms with Crippen molar-refractivity contribution in [3.63, 3.8) is 0 Å². The molecule has 0 amide bonds. The van der Waals surface area contributed by atoms with Crippen molar-refractivity contribution in [2.45, 2.75) is 48.0 Å². The second kappa shape index (κ2) is 6.31. The molecular formula is C28H30NO+. The van der Waals surface area contributed by atoms with Gasteiger partial charge in [0, 0.05) is 11.6 Å². The molecule has 0 aliphatic carbocycles. The minimum atomic E-state index is 0.232. The summed E-state index contributed by atoms with van der Waals surface area (Å²) in [7, 11) is 2.14. The third-order valence-electron chi connectivity index (χ3n) is 6.37. The second-order valence-electron chi connectivity index (χ2n) is 10.2. The van der Waals surface area contributed by atoms with Crippen LogP contribution in [0.3, 0.4) is 0 Å². The van der Waals surface area contributed by atoms with Crippen LogP contribution in [0.5, 0.6) is 11.5 Å². The largest absolute Gasteiger partial charge is 0.455 e. The van der Waals surface area contributed by atoms with Gasteiger partial charge in [-0.2, -0.15) is 0 Å². The Morgan fingerprint density at radius 1 is 0.900 bits per heavy atom. The average Bonchev–Trinajstić information content (AvgIpc) is 2.66.